The summed E-state index contributed by atoms with van der Waals surface area (Å²) >= 11 is 0.935. The fraction of sp³-hybridized carbons (Fsp3) is 0.348. The maximum atomic E-state index is 13.0. The molecule has 1 atom stereocenters. The van der Waals surface area contributed by atoms with Crippen LogP contribution in [-0.2, 0) is 36.0 Å². The quantitative estimate of drug-likeness (QED) is 0.0722. The minimum Gasteiger partial charge on any atom is -0.503 e. The van der Waals surface area contributed by atoms with E-state index >= 15 is 0 Å². The van der Waals surface area contributed by atoms with Crippen LogP contribution in [0.2, 0.25) is 0 Å². The molecule has 1 fully saturated rings. The van der Waals surface area contributed by atoms with Crippen molar-refractivity contribution in [3.05, 3.63) is 44.0 Å². The van der Waals surface area contributed by atoms with E-state index in [9.17, 15) is 47.4 Å². The van der Waals surface area contributed by atoms with Gasteiger partial charge in [-0.2, -0.15) is 8.42 Å². The van der Waals surface area contributed by atoms with Crippen LogP contribution in [0.5, 0.6) is 5.75 Å². The topological polar surface area (TPSA) is 303 Å². The molecule has 7 N–H and O–H groups in total. The van der Waals surface area contributed by atoms with Crippen molar-refractivity contribution in [1.82, 2.24) is 38.7 Å². The number of nitrogens with two attached hydrogens (primary N) is 1. The Kier molecular flexibility index (Phi) is 9.00. The lowest BCUT2D eigenvalue weighted by Crippen LogP contribution is -2.68. The van der Waals surface area contributed by atoms with Gasteiger partial charge in [0.15, 0.2) is 22.4 Å². The van der Waals surface area contributed by atoms with Gasteiger partial charge in [0.25, 0.3) is 11.8 Å². The zero-order valence-electron chi connectivity index (χ0n) is 24.1. The summed E-state index contributed by atoms with van der Waals surface area (Å²) in [6, 6.07) is -1.93. The lowest BCUT2D eigenvalue weighted by atomic mass is 10.1. The number of anilines is 1. The van der Waals surface area contributed by atoms with Gasteiger partial charge in [-0.15, -0.1) is 16.4 Å². The molecule has 4 heterocycles. The van der Waals surface area contributed by atoms with Gasteiger partial charge >= 0.3 is 27.9 Å². The second kappa shape index (κ2) is 12.4. The largest absolute Gasteiger partial charge is 0.503 e. The highest BCUT2D eigenvalue weighted by molar-refractivity contribution is 7.88. The minimum absolute atomic E-state index is 0.0362. The highest BCUT2D eigenvalue weighted by atomic mass is 32.2. The summed E-state index contributed by atoms with van der Waals surface area (Å²) in [6.07, 6.45) is 1.26. The van der Waals surface area contributed by atoms with Gasteiger partial charge in [0, 0.05) is 24.2 Å². The van der Waals surface area contributed by atoms with Crippen LogP contribution >= 0.6 is 11.3 Å². The fourth-order valence-electron chi connectivity index (χ4n) is 3.70. The number of amides is 4. The Morgan fingerprint density at radius 3 is 2.54 bits per heavy atom. The van der Waals surface area contributed by atoms with Crippen LogP contribution in [0.3, 0.4) is 0 Å². The highest BCUT2D eigenvalue weighted by Crippen LogP contribution is 2.18. The van der Waals surface area contributed by atoms with E-state index in [1.54, 1.807) is 11.6 Å². The number of nitrogens with zero attached hydrogens (tertiary/aromatic N) is 6. The van der Waals surface area contributed by atoms with Crippen molar-refractivity contribution >= 4 is 56.2 Å². The Morgan fingerprint density at radius 1 is 1.28 bits per heavy atom. The molecule has 23 heteroatoms. The molecule has 46 heavy (non-hydrogen) atoms. The van der Waals surface area contributed by atoms with E-state index in [1.807, 2.05) is 0 Å². The number of urea groups is 1. The van der Waals surface area contributed by atoms with E-state index in [-0.39, 0.29) is 33.0 Å². The number of aliphatic carboxylic acids is 1. The first kappa shape index (κ1) is 33.3. The summed E-state index contributed by atoms with van der Waals surface area (Å²) in [5.41, 5.74) is 0.982. The maximum Gasteiger partial charge on any atom is 0.362 e. The van der Waals surface area contributed by atoms with E-state index in [0.29, 0.717) is 11.3 Å². The molecule has 246 valence electrons. The molecule has 0 aromatic carbocycles. The van der Waals surface area contributed by atoms with Crippen molar-refractivity contribution in [1.29, 1.82) is 0 Å². The van der Waals surface area contributed by atoms with Crippen LogP contribution < -0.4 is 26.9 Å². The lowest BCUT2D eigenvalue weighted by Gasteiger charge is -2.36. The van der Waals surface area contributed by atoms with Crippen LogP contribution in [-0.4, -0.2) is 95.0 Å². The molecule has 0 aliphatic carbocycles. The van der Waals surface area contributed by atoms with Crippen LogP contribution in [0.4, 0.5) is 9.93 Å². The fourth-order valence-corrected chi connectivity index (χ4v) is 5.16. The summed E-state index contributed by atoms with van der Waals surface area (Å²) in [6.45, 7) is 3.46. The van der Waals surface area contributed by atoms with E-state index in [0.717, 1.165) is 28.2 Å². The van der Waals surface area contributed by atoms with E-state index in [1.165, 1.54) is 19.2 Å². The number of nitrogen functional groups attached to an aromatic ring is 1. The minimum atomic E-state index is -5.05. The molecule has 3 aromatic heterocycles. The predicted molar refractivity (Wildman–Crippen MR) is 157 cm³/mol. The number of β-lactam (4-membered cyclic amide) rings is 1. The first-order valence-corrected chi connectivity index (χ1v) is 15.3. The van der Waals surface area contributed by atoms with Crippen molar-refractivity contribution < 1.29 is 42.6 Å². The van der Waals surface area contributed by atoms with Gasteiger partial charge in [0.2, 0.25) is 11.0 Å². The van der Waals surface area contributed by atoms with Crippen molar-refractivity contribution in [3.8, 4) is 17.3 Å². The Hall–Kier alpha value is -5.58. The zero-order chi connectivity index (χ0) is 34.1. The molecular formula is C23H26N10O11S2. The van der Waals surface area contributed by atoms with Crippen LogP contribution in [0.25, 0.3) is 11.5 Å². The van der Waals surface area contributed by atoms with E-state index in [2.05, 4.69) is 25.5 Å². The number of thiazole rings is 1. The van der Waals surface area contributed by atoms with Gasteiger partial charge in [0.05, 0.1) is 12.2 Å². The molecule has 4 amide bonds. The van der Waals surface area contributed by atoms with E-state index in [4.69, 9.17) is 10.6 Å². The van der Waals surface area contributed by atoms with Crippen molar-refractivity contribution in [2.45, 2.75) is 45.4 Å². The number of aromatic hydroxyl groups is 1. The third-order valence-electron chi connectivity index (χ3n) is 6.20. The Labute approximate surface area is 261 Å². The molecule has 1 aliphatic heterocycles. The van der Waals surface area contributed by atoms with Crippen LogP contribution in [0.15, 0.2) is 32.4 Å². The number of rotatable bonds is 11. The Bertz CT molecular complexity index is 1990. The smallest absolute Gasteiger partial charge is 0.362 e. The zero-order valence-corrected chi connectivity index (χ0v) is 25.7. The average Bonchev–Trinajstić information content (AvgIpc) is 3.55. The molecule has 0 radical (unpaired) electrons. The van der Waals surface area contributed by atoms with E-state index < -0.39 is 74.8 Å². The molecule has 3 aromatic rings. The number of carbonyl (C=O) groups is 4. The molecule has 0 bridgehead atoms. The third-order valence-corrected chi connectivity index (χ3v) is 8.00. The van der Waals surface area contributed by atoms with Gasteiger partial charge in [-0.25, -0.2) is 24.1 Å². The van der Waals surface area contributed by atoms with Crippen LogP contribution in [0.1, 0.15) is 32.9 Å². The maximum absolute atomic E-state index is 13.0. The number of likely N-dealkylation sites (tertiary alicyclic amines) is 1. The number of carbonyl (C=O) groups excluding carboxylic acids is 3. The molecule has 1 saturated heterocycles. The second-order valence-electron chi connectivity index (χ2n) is 10.0. The first-order chi connectivity index (χ1) is 21.5. The molecule has 0 saturated carbocycles. The summed E-state index contributed by atoms with van der Waals surface area (Å²) in [4.78, 5) is 86.4. The van der Waals surface area contributed by atoms with Gasteiger partial charge in [-0.1, -0.05) is 16.2 Å². The number of carboxylic acid groups (broad SMARTS) is 1. The van der Waals surface area contributed by atoms with Gasteiger partial charge in [-0.3, -0.25) is 23.9 Å². The third kappa shape index (κ3) is 6.58. The second-order valence-corrected chi connectivity index (χ2v) is 12.4. The first-order valence-electron chi connectivity index (χ1n) is 13.0. The number of aromatic nitrogens is 5. The standard InChI is InChI=1S/C23H26N10O11S2/c1-4-5-31-16(10-6-13(34)14(35)7-25-10)28-33(22(31)41)46(42,43)30-21(40)32-8-11(18(32)37)26-17(36)15(12-9-45-20(24)27-12)29-44-23(2,3)19(38)39/h6-7,9,11,35H,4-5,8H2,1-3H3,(H2,24,27)(H,25,34)(H,26,36)(H,30,40)(H,38,39)/b29-15-/t11-/m0/s1. The Morgan fingerprint density at radius 2 is 1.98 bits per heavy atom. The highest BCUT2D eigenvalue weighted by Gasteiger charge is 2.44. The number of pyridine rings is 1. The van der Waals surface area contributed by atoms with Gasteiger partial charge < -0.3 is 31.1 Å². The summed E-state index contributed by atoms with van der Waals surface area (Å²) in [5.74, 6) is -4.42. The van der Waals surface area contributed by atoms with Gasteiger partial charge in [-0.05, 0) is 20.3 Å². The van der Waals surface area contributed by atoms with Gasteiger partial charge in [0.1, 0.15) is 11.7 Å². The average molecular weight is 683 g/mol. The van der Waals surface area contributed by atoms with Crippen molar-refractivity contribution in [2.75, 3.05) is 12.3 Å². The summed E-state index contributed by atoms with van der Waals surface area (Å²) in [7, 11) is -5.05. The normalized spacial score (nSPS) is 15.3. The number of carboxylic acids is 1. The SMILES string of the molecule is CCCn1c(-c2cc(=O)c(O)c[nH]2)nn(S(=O)(=O)NC(=O)N2C[C@H](NC(=O)/C(=N\OC(C)(C)C(=O)O)c3csc(N)n3)C2=O)c1=O. The lowest BCUT2D eigenvalue weighted by molar-refractivity contribution is -0.161. The Balaban J connectivity index is 1.49. The number of hydrogen-bond donors (Lipinski definition) is 6. The number of nitrogens with one attached hydrogen (secondary N) is 3. The number of hydrogen-bond acceptors (Lipinski definition) is 15. The summed E-state index contributed by atoms with van der Waals surface area (Å²) < 4.78 is 28.4. The number of oxime groups is 1. The molecule has 4 rings (SSSR count). The predicted octanol–water partition coefficient (Wildman–Crippen LogP) is -2.03. The van der Waals surface area contributed by atoms with Crippen molar-refractivity contribution in [2.24, 2.45) is 5.16 Å². The number of imide groups is 1. The molecular weight excluding hydrogens is 656 g/mol. The monoisotopic (exact) mass is 682 g/mol. The van der Waals surface area contributed by atoms with Crippen molar-refractivity contribution in [3.63, 3.8) is 0 Å². The number of H-pyrrole nitrogens is 1. The van der Waals surface area contributed by atoms with Crippen LogP contribution in [0, 0.1) is 0 Å². The summed E-state index contributed by atoms with van der Waals surface area (Å²) in [5, 5.41) is 29.7. The molecule has 0 spiro atoms. The molecule has 21 nitrogen and oxygen atoms in total. The molecule has 0 unspecified atom stereocenters. The number of aromatic amines is 1. The molecule has 1 aliphatic rings.